The highest BCUT2D eigenvalue weighted by molar-refractivity contribution is 7.80. The van der Waals surface area contributed by atoms with Crippen molar-refractivity contribution in [3.8, 4) is 0 Å². The van der Waals surface area contributed by atoms with Crippen molar-refractivity contribution in [3.05, 3.63) is 29.8 Å². The first kappa shape index (κ1) is 20.5. The normalized spacial score (nSPS) is 16.8. The van der Waals surface area contributed by atoms with E-state index in [9.17, 15) is 0 Å². The topological polar surface area (TPSA) is 99.7 Å². The summed E-state index contributed by atoms with van der Waals surface area (Å²) in [6.45, 7) is 7.62. The number of hydrogen-bond acceptors (Lipinski definition) is 9. The first-order chi connectivity index (χ1) is 14.7. The van der Waals surface area contributed by atoms with Crippen LogP contribution in [0.1, 0.15) is 5.56 Å². The molecule has 1 aromatic carbocycles. The van der Waals surface area contributed by atoms with Crippen molar-refractivity contribution in [2.45, 2.75) is 6.92 Å². The molecule has 0 amide bonds. The summed E-state index contributed by atoms with van der Waals surface area (Å²) in [4.78, 5) is 18.0. The van der Waals surface area contributed by atoms with E-state index in [0.717, 1.165) is 37.4 Å². The van der Waals surface area contributed by atoms with E-state index in [-0.39, 0.29) is 0 Å². The van der Waals surface area contributed by atoms with Crippen LogP contribution >= 0.6 is 12.2 Å². The van der Waals surface area contributed by atoms with Gasteiger partial charge in [0, 0.05) is 31.9 Å². The van der Waals surface area contributed by atoms with E-state index >= 15 is 0 Å². The summed E-state index contributed by atoms with van der Waals surface area (Å²) in [6, 6.07) is 7.94. The molecule has 2 aliphatic rings. The molecular weight excluding hydrogens is 404 g/mol. The Morgan fingerprint density at radius 3 is 2.03 bits per heavy atom. The second-order valence-electron chi connectivity index (χ2n) is 6.98. The molecule has 0 spiro atoms. The average Bonchev–Trinajstić information content (AvgIpc) is 2.80. The molecule has 3 N–H and O–H groups in total. The molecule has 2 saturated heterocycles. The predicted octanol–water partition coefficient (Wildman–Crippen LogP) is 1.17. The third-order valence-electron chi connectivity index (χ3n) is 4.88. The molecule has 2 aliphatic heterocycles. The maximum absolute atomic E-state index is 5.45. The van der Waals surface area contributed by atoms with Gasteiger partial charge in [-0.3, -0.25) is 10.9 Å². The molecular formula is C19H26N8O2S. The van der Waals surface area contributed by atoms with Gasteiger partial charge in [-0.1, -0.05) is 18.2 Å². The van der Waals surface area contributed by atoms with Gasteiger partial charge in [0.25, 0.3) is 0 Å². The van der Waals surface area contributed by atoms with Gasteiger partial charge in [-0.25, -0.2) is 0 Å². The molecule has 0 saturated carbocycles. The maximum atomic E-state index is 5.45. The van der Waals surface area contributed by atoms with Crippen molar-refractivity contribution in [3.63, 3.8) is 0 Å². The molecule has 1 aromatic heterocycles. The maximum Gasteiger partial charge on any atom is 0.248 e. The van der Waals surface area contributed by atoms with Gasteiger partial charge in [-0.2, -0.15) is 15.0 Å². The summed E-state index contributed by atoms with van der Waals surface area (Å²) >= 11 is 5.40. The summed E-state index contributed by atoms with van der Waals surface area (Å²) < 4.78 is 10.9. The van der Waals surface area contributed by atoms with E-state index < -0.39 is 0 Å². The van der Waals surface area contributed by atoms with Crippen LogP contribution in [0.5, 0.6) is 0 Å². The summed E-state index contributed by atoms with van der Waals surface area (Å²) in [7, 11) is 0. The van der Waals surface area contributed by atoms with Crippen LogP contribution in [0.2, 0.25) is 0 Å². The van der Waals surface area contributed by atoms with E-state index in [0.29, 0.717) is 49.4 Å². The zero-order chi connectivity index (χ0) is 20.8. The fourth-order valence-corrected chi connectivity index (χ4v) is 3.36. The second kappa shape index (κ2) is 9.83. The van der Waals surface area contributed by atoms with Gasteiger partial charge in [-0.05, 0) is 30.8 Å². The molecule has 2 fully saturated rings. The number of aromatic nitrogens is 3. The number of nitrogens with zero attached hydrogens (tertiary/aromatic N) is 5. The lowest BCUT2D eigenvalue weighted by atomic mass is 10.2. The lowest BCUT2D eigenvalue weighted by Crippen LogP contribution is -2.40. The number of para-hydroxylation sites is 1. The fraction of sp³-hybridized carbons (Fsp3) is 0.474. The molecule has 0 bridgehead atoms. The predicted molar refractivity (Wildman–Crippen MR) is 120 cm³/mol. The van der Waals surface area contributed by atoms with E-state index in [2.05, 4.69) is 40.9 Å². The molecule has 0 radical (unpaired) electrons. The minimum absolute atomic E-state index is 0.405. The highest BCUT2D eigenvalue weighted by Gasteiger charge is 2.20. The smallest absolute Gasteiger partial charge is 0.248 e. The van der Waals surface area contributed by atoms with E-state index in [1.54, 1.807) is 0 Å². The third-order valence-corrected chi connectivity index (χ3v) is 5.08. The van der Waals surface area contributed by atoms with Gasteiger partial charge >= 0.3 is 0 Å². The number of rotatable bonds is 5. The number of thiocarbonyl (C=S) groups is 1. The number of anilines is 4. The number of morpholine rings is 2. The van der Waals surface area contributed by atoms with Gasteiger partial charge in [-0.15, -0.1) is 0 Å². The highest BCUT2D eigenvalue weighted by Crippen LogP contribution is 2.18. The van der Waals surface area contributed by atoms with Crippen molar-refractivity contribution < 1.29 is 9.47 Å². The molecule has 2 aromatic rings. The number of aryl methyl sites for hydroxylation is 1. The molecule has 160 valence electrons. The number of ether oxygens (including phenoxy) is 2. The van der Waals surface area contributed by atoms with Crippen molar-refractivity contribution in [1.29, 1.82) is 0 Å². The Labute approximate surface area is 181 Å². The van der Waals surface area contributed by atoms with Crippen LogP contribution in [0.15, 0.2) is 24.3 Å². The zero-order valence-electron chi connectivity index (χ0n) is 16.9. The first-order valence-corrected chi connectivity index (χ1v) is 10.4. The molecule has 0 aliphatic carbocycles. The van der Waals surface area contributed by atoms with Crippen molar-refractivity contribution in [2.75, 3.05) is 73.1 Å². The van der Waals surface area contributed by atoms with Crippen LogP contribution in [0.25, 0.3) is 0 Å². The lowest BCUT2D eigenvalue weighted by molar-refractivity contribution is 0.121. The molecule has 4 rings (SSSR count). The second-order valence-corrected chi connectivity index (χ2v) is 7.39. The van der Waals surface area contributed by atoms with Crippen molar-refractivity contribution in [2.24, 2.45) is 0 Å². The van der Waals surface area contributed by atoms with E-state index in [1.807, 2.05) is 31.2 Å². The van der Waals surface area contributed by atoms with Crippen LogP contribution in [0, 0.1) is 6.92 Å². The Bertz CT molecular complexity index is 835. The summed E-state index contributed by atoms with van der Waals surface area (Å²) in [5.41, 5.74) is 8.02. The quantitative estimate of drug-likeness (QED) is 0.471. The number of nitrogens with one attached hydrogen (secondary N) is 3. The fourth-order valence-electron chi connectivity index (χ4n) is 3.20. The van der Waals surface area contributed by atoms with Crippen LogP contribution in [0.4, 0.5) is 23.5 Å². The number of hydrogen-bond donors (Lipinski definition) is 3. The Morgan fingerprint density at radius 1 is 0.900 bits per heavy atom. The molecule has 30 heavy (non-hydrogen) atoms. The summed E-state index contributed by atoms with van der Waals surface area (Å²) in [5, 5.41) is 3.59. The SMILES string of the molecule is Cc1ccccc1NC(=S)NNc1nc(N2CCOCC2)nc(N2CCOCC2)n1. The van der Waals surface area contributed by atoms with Gasteiger partial charge in [0.15, 0.2) is 5.11 Å². The highest BCUT2D eigenvalue weighted by atomic mass is 32.1. The van der Waals surface area contributed by atoms with Crippen molar-refractivity contribution >= 4 is 40.9 Å². The molecule has 0 unspecified atom stereocenters. The van der Waals surface area contributed by atoms with Crippen molar-refractivity contribution in [1.82, 2.24) is 20.4 Å². The van der Waals surface area contributed by atoms with Gasteiger partial charge < -0.3 is 24.6 Å². The van der Waals surface area contributed by atoms with Gasteiger partial charge in [0.05, 0.1) is 26.4 Å². The van der Waals surface area contributed by atoms with E-state index in [4.69, 9.17) is 21.7 Å². The van der Waals surface area contributed by atoms with Crippen LogP contribution in [-0.2, 0) is 9.47 Å². The molecule has 0 atom stereocenters. The monoisotopic (exact) mass is 430 g/mol. The van der Waals surface area contributed by atoms with Gasteiger partial charge in [0.2, 0.25) is 17.8 Å². The molecule has 3 heterocycles. The largest absolute Gasteiger partial charge is 0.378 e. The lowest BCUT2D eigenvalue weighted by Gasteiger charge is -2.30. The van der Waals surface area contributed by atoms with E-state index in [1.165, 1.54) is 0 Å². The summed E-state index contributed by atoms with van der Waals surface area (Å²) in [5.74, 6) is 1.65. The molecule has 10 nitrogen and oxygen atoms in total. The van der Waals surface area contributed by atoms with Gasteiger partial charge in [0.1, 0.15) is 0 Å². The van der Waals surface area contributed by atoms with Crippen LogP contribution in [0.3, 0.4) is 0 Å². The summed E-state index contributed by atoms with van der Waals surface area (Å²) in [6.07, 6.45) is 0. The Morgan fingerprint density at radius 2 is 1.47 bits per heavy atom. The zero-order valence-corrected chi connectivity index (χ0v) is 17.7. The minimum atomic E-state index is 0.405. The molecule has 11 heteroatoms. The standard InChI is InChI=1S/C19H26N8O2S/c1-14-4-2-3-5-15(14)20-19(30)25-24-16-21-17(26-6-10-28-11-7-26)23-18(22-16)27-8-12-29-13-9-27/h2-5H,6-13H2,1H3,(H2,20,25,30)(H,21,22,23,24). The number of benzene rings is 1. The Balaban J connectivity index is 1.47. The third kappa shape index (κ3) is 5.23. The Hall–Kier alpha value is -2.76. The Kier molecular flexibility index (Phi) is 6.72. The minimum Gasteiger partial charge on any atom is -0.378 e. The average molecular weight is 431 g/mol. The van der Waals surface area contributed by atoms with Crippen LogP contribution in [-0.4, -0.2) is 72.7 Å². The van der Waals surface area contributed by atoms with Crippen LogP contribution < -0.4 is 26.0 Å². The first-order valence-electron chi connectivity index (χ1n) is 9.99. The number of hydrazine groups is 1.